The van der Waals surface area contributed by atoms with Crippen LogP contribution in [-0.2, 0) is 0 Å². The molecule has 0 bridgehead atoms. The number of aromatic carboxylic acids is 1. The van der Waals surface area contributed by atoms with Crippen LogP contribution in [0.5, 0.6) is 0 Å². The van der Waals surface area contributed by atoms with Crippen molar-refractivity contribution in [2.24, 2.45) is 0 Å². The van der Waals surface area contributed by atoms with Crippen molar-refractivity contribution < 1.29 is 9.90 Å². The van der Waals surface area contributed by atoms with E-state index in [1.54, 1.807) is 30.5 Å². The molecule has 0 aliphatic carbocycles. The summed E-state index contributed by atoms with van der Waals surface area (Å²) in [5, 5.41) is 8.92. The van der Waals surface area contributed by atoms with Gasteiger partial charge < -0.3 is 5.11 Å². The molecule has 0 unspecified atom stereocenters. The van der Waals surface area contributed by atoms with Crippen LogP contribution in [0, 0.1) is 0 Å². The average Bonchev–Trinajstić information content (AvgIpc) is 2.61. The number of carboxylic acids is 1. The monoisotopic (exact) mass is 337 g/mol. The van der Waals surface area contributed by atoms with Crippen LogP contribution >= 0.6 is 12.4 Å². The lowest BCUT2D eigenvalue weighted by Crippen LogP contribution is -1.94. The number of aromatic nitrogens is 1. The fourth-order valence-corrected chi connectivity index (χ4v) is 2.32. The summed E-state index contributed by atoms with van der Waals surface area (Å²) in [7, 11) is 0. The molecule has 0 saturated heterocycles. The van der Waals surface area contributed by atoms with Gasteiger partial charge in [0.15, 0.2) is 0 Å². The minimum absolute atomic E-state index is 0. The number of benzene rings is 2. The van der Waals surface area contributed by atoms with Crippen LogP contribution < -0.4 is 0 Å². The van der Waals surface area contributed by atoms with Crippen molar-refractivity contribution in [1.29, 1.82) is 0 Å². The summed E-state index contributed by atoms with van der Waals surface area (Å²) in [6.45, 7) is 0. The molecule has 4 heteroatoms. The summed E-state index contributed by atoms with van der Waals surface area (Å²) in [4.78, 5) is 15.3. The highest BCUT2D eigenvalue weighted by molar-refractivity contribution is 5.88. The molecular formula is C20H16ClNO2. The van der Waals surface area contributed by atoms with Crippen molar-refractivity contribution >= 4 is 30.5 Å². The molecule has 2 aromatic carbocycles. The third-order valence-corrected chi connectivity index (χ3v) is 3.51. The topological polar surface area (TPSA) is 50.2 Å². The Morgan fingerprint density at radius 3 is 2.25 bits per heavy atom. The van der Waals surface area contributed by atoms with E-state index in [1.807, 2.05) is 54.6 Å². The Kier molecular flexibility index (Phi) is 5.88. The molecule has 120 valence electrons. The number of rotatable bonds is 4. The summed E-state index contributed by atoms with van der Waals surface area (Å²) < 4.78 is 0. The van der Waals surface area contributed by atoms with Crippen LogP contribution in [0.3, 0.4) is 0 Å². The first-order valence-corrected chi connectivity index (χ1v) is 7.26. The van der Waals surface area contributed by atoms with Gasteiger partial charge in [-0.2, -0.15) is 0 Å². The molecule has 0 spiro atoms. The summed E-state index contributed by atoms with van der Waals surface area (Å²) in [5.41, 5.74) is 4.29. The molecule has 3 aromatic rings. The first-order chi connectivity index (χ1) is 11.2. The number of carboxylic acid groups (broad SMARTS) is 1. The minimum Gasteiger partial charge on any atom is -0.478 e. The molecule has 24 heavy (non-hydrogen) atoms. The molecule has 1 N–H and O–H groups in total. The van der Waals surface area contributed by atoms with Gasteiger partial charge in [0.2, 0.25) is 0 Å². The van der Waals surface area contributed by atoms with Gasteiger partial charge in [-0.1, -0.05) is 54.6 Å². The van der Waals surface area contributed by atoms with Crippen LogP contribution in [0.1, 0.15) is 21.5 Å². The number of nitrogens with zero attached hydrogens (tertiary/aromatic N) is 1. The summed E-state index contributed by atoms with van der Waals surface area (Å²) in [6.07, 6.45) is 5.76. The Balaban J connectivity index is 0.00000208. The number of carbonyl (C=O) groups is 1. The maximum Gasteiger partial charge on any atom is 0.335 e. The van der Waals surface area contributed by atoms with Crippen molar-refractivity contribution in [1.82, 2.24) is 4.98 Å². The number of hydrogen-bond acceptors (Lipinski definition) is 2. The molecular weight excluding hydrogens is 322 g/mol. The maximum absolute atomic E-state index is 10.9. The highest BCUT2D eigenvalue weighted by Gasteiger charge is 2.03. The van der Waals surface area contributed by atoms with E-state index < -0.39 is 5.97 Å². The summed E-state index contributed by atoms with van der Waals surface area (Å²) in [6, 6.07) is 20.7. The van der Waals surface area contributed by atoms with Crippen molar-refractivity contribution in [3.8, 4) is 11.3 Å². The number of pyridine rings is 1. The van der Waals surface area contributed by atoms with Gasteiger partial charge in [0.1, 0.15) is 0 Å². The molecule has 0 saturated carbocycles. The minimum atomic E-state index is -0.916. The zero-order valence-corrected chi connectivity index (χ0v) is 13.6. The normalized spacial score (nSPS) is 10.3. The van der Waals surface area contributed by atoms with Gasteiger partial charge in [0.25, 0.3) is 0 Å². The van der Waals surface area contributed by atoms with E-state index in [4.69, 9.17) is 5.11 Å². The second kappa shape index (κ2) is 8.09. The number of halogens is 1. The van der Waals surface area contributed by atoms with E-state index >= 15 is 0 Å². The van der Waals surface area contributed by atoms with Gasteiger partial charge in [0.05, 0.1) is 11.3 Å². The van der Waals surface area contributed by atoms with Gasteiger partial charge in [-0.3, -0.25) is 4.98 Å². The van der Waals surface area contributed by atoms with E-state index in [1.165, 1.54) is 0 Å². The van der Waals surface area contributed by atoms with Crippen molar-refractivity contribution in [2.45, 2.75) is 0 Å². The third kappa shape index (κ3) is 4.09. The fraction of sp³-hybridized carbons (Fsp3) is 0. The summed E-state index contributed by atoms with van der Waals surface area (Å²) >= 11 is 0. The lowest BCUT2D eigenvalue weighted by atomic mass is 10.0. The van der Waals surface area contributed by atoms with Gasteiger partial charge >= 0.3 is 5.97 Å². The van der Waals surface area contributed by atoms with E-state index in [0.29, 0.717) is 0 Å². The lowest BCUT2D eigenvalue weighted by molar-refractivity contribution is 0.0697. The second-order valence-corrected chi connectivity index (χ2v) is 5.06. The molecule has 3 nitrogen and oxygen atoms in total. The van der Waals surface area contributed by atoms with Crippen LogP contribution in [0.15, 0.2) is 72.9 Å². The first-order valence-electron chi connectivity index (χ1n) is 7.26. The molecule has 0 atom stereocenters. The van der Waals surface area contributed by atoms with Gasteiger partial charge in [-0.15, -0.1) is 12.4 Å². The Hall–Kier alpha value is -2.91. The molecule has 0 aliphatic rings. The molecule has 1 heterocycles. The Bertz CT molecular complexity index is 843. The van der Waals surface area contributed by atoms with Crippen LogP contribution in [-0.4, -0.2) is 16.1 Å². The Labute approximate surface area is 146 Å². The second-order valence-electron chi connectivity index (χ2n) is 5.06. The van der Waals surface area contributed by atoms with Crippen LogP contribution in [0.2, 0.25) is 0 Å². The van der Waals surface area contributed by atoms with Crippen LogP contribution in [0.25, 0.3) is 23.4 Å². The highest BCUT2D eigenvalue weighted by Crippen LogP contribution is 2.23. The third-order valence-electron chi connectivity index (χ3n) is 3.51. The fourth-order valence-electron chi connectivity index (χ4n) is 2.32. The maximum atomic E-state index is 10.9. The molecule has 0 fully saturated rings. The number of hydrogen-bond donors (Lipinski definition) is 1. The average molecular weight is 338 g/mol. The smallest absolute Gasteiger partial charge is 0.335 e. The molecule has 0 radical (unpaired) electrons. The predicted molar refractivity (Wildman–Crippen MR) is 99.3 cm³/mol. The van der Waals surface area contributed by atoms with Gasteiger partial charge in [0, 0.05) is 11.8 Å². The van der Waals surface area contributed by atoms with Crippen molar-refractivity contribution in [2.75, 3.05) is 0 Å². The van der Waals surface area contributed by atoms with E-state index in [2.05, 4.69) is 4.98 Å². The zero-order chi connectivity index (χ0) is 16.1. The molecule has 0 aliphatic heterocycles. The Morgan fingerprint density at radius 2 is 1.58 bits per heavy atom. The van der Waals surface area contributed by atoms with Crippen molar-refractivity contribution in [3.05, 3.63) is 89.6 Å². The van der Waals surface area contributed by atoms with Crippen molar-refractivity contribution in [3.63, 3.8) is 0 Å². The standard InChI is InChI=1S/C20H15NO2.ClH/c22-20(23)17-12-9-15(10-13-17)8-11-16-5-1-2-6-18(16)19-7-3-4-14-21-19;/h1-14H,(H,22,23);1H/b11-8+;. The van der Waals surface area contributed by atoms with E-state index in [9.17, 15) is 4.79 Å². The highest BCUT2D eigenvalue weighted by atomic mass is 35.5. The van der Waals surface area contributed by atoms with Gasteiger partial charge in [-0.25, -0.2) is 4.79 Å². The first kappa shape index (κ1) is 17.4. The molecule has 3 rings (SSSR count). The summed E-state index contributed by atoms with van der Waals surface area (Å²) in [5.74, 6) is -0.916. The van der Waals surface area contributed by atoms with E-state index in [0.717, 1.165) is 22.4 Å². The quantitative estimate of drug-likeness (QED) is 0.678. The largest absolute Gasteiger partial charge is 0.478 e. The zero-order valence-electron chi connectivity index (χ0n) is 12.8. The molecule has 1 aromatic heterocycles. The lowest BCUT2D eigenvalue weighted by Gasteiger charge is -2.05. The van der Waals surface area contributed by atoms with E-state index in [-0.39, 0.29) is 18.0 Å². The van der Waals surface area contributed by atoms with Gasteiger partial charge in [-0.05, 0) is 35.4 Å². The van der Waals surface area contributed by atoms with Crippen LogP contribution in [0.4, 0.5) is 0 Å². The SMILES string of the molecule is Cl.O=C(O)c1ccc(/C=C/c2ccccc2-c2ccccn2)cc1. The predicted octanol–water partition coefficient (Wildman–Crippen LogP) is 5.04. The Morgan fingerprint density at radius 1 is 0.875 bits per heavy atom. The molecule has 0 amide bonds.